The summed E-state index contributed by atoms with van der Waals surface area (Å²) in [6, 6.07) is 14.3. The largest absolute Gasteiger partial charge is 0.388 e. The van der Waals surface area contributed by atoms with Crippen molar-refractivity contribution < 1.29 is 9.59 Å². The van der Waals surface area contributed by atoms with E-state index in [1.54, 1.807) is 17.9 Å². The van der Waals surface area contributed by atoms with E-state index in [4.69, 9.17) is 10.7 Å². The zero-order valence-corrected chi connectivity index (χ0v) is 26.3. The van der Waals surface area contributed by atoms with Crippen LogP contribution in [0.4, 0.5) is 5.69 Å². The number of thiophene rings is 1. The molecule has 3 aromatic heterocycles. The third kappa shape index (κ3) is 10.4. The van der Waals surface area contributed by atoms with E-state index in [2.05, 4.69) is 42.6 Å². The molecule has 1 aromatic carbocycles. The Hall–Kier alpha value is -3.56. The summed E-state index contributed by atoms with van der Waals surface area (Å²) in [5.41, 5.74) is 10.1. The average molecular weight is 579 g/mol. The van der Waals surface area contributed by atoms with Crippen molar-refractivity contribution in [1.29, 1.82) is 0 Å². The van der Waals surface area contributed by atoms with Gasteiger partial charge in [-0.1, -0.05) is 52.8 Å². The second-order valence-corrected chi connectivity index (χ2v) is 11.7. The SMILES string of the molecule is CC.CC(C)(C)C1CCc2nc3sc(C(=O)NCCN)cc3cc2C1.CNc1ccccc1.Cn1cc(C=O)cn1. The maximum atomic E-state index is 12.1. The van der Waals surface area contributed by atoms with E-state index in [1.165, 1.54) is 35.2 Å². The van der Waals surface area contributed by atoms with Gasteiger partial charge in [0.15, 0.2) is 6.29 Å². The van der Waals surface area contributed by atoms with Gasteiger partial charge in [0.2, 0.25) is 0 Å². The molecule has 0 saturated carbocycles. The van der Waals surface area contributed by atoms with Crippen LogP contribution in [0.5, 0.6) is 0 Å². The molecule has 1 atom stereocenters. The second kappa shape index (κ2) is 16.6. The van der Waals surface area contributed by atoms with Gasteiger partial charge in [0, 0.05) is 50.1 Å². The van der Waals surface area contributed by atoms with Gasteiger partial charge in [0.1, 0.15) is 4.83 Å². The Balaban J connectivity index is 0.000000266. The van der Waals surface area contributed by atoms with Crippen molar-refractivity contribution in [3.63, 3.8) is 0 Å². The lowest BCUT2D eigenvalue weighted by atomic mass is 9.71. The average Bonchev–Trinajstić information content (AvgIpc) is 3.61. The first kappa shape index (κ1) is 33.6. The molecule has 0 radical (unpaired) electrons. The van der Waals surface area contributed by atoms with Gasteiger partial charge >= 0.3 is 0 Å². The van der Waals surface area contributed by atoms with Crippen LogP contribution in [0.1, 0.15) is 72.3 Å². The minimum Gasteiger partial charge on any atom is -0.388 e. The summed E-state index contributed by atoms with van der Waals surface area (Å²) in [4.78, 5) is 28.6. The van der Waals surface area contributed by atoms with E-state index in [-0.39, 0.29) is 5.91 Å². The minimum atomic E-state index is -0.0519. The van der Waals surface area contributed by atoms with E-state index < -0.39 is 0 Å². The summed E-state index contributed by atoms with van der Waals surface area (Å²) >= 11 is 1.47. The lowest BCUT2D eigenvalue weighted by Gasteiger charge is -2.34. The van der Waals surface area contributed by atoms with Gasteiger partial charge in [-0.25, -0.2) is 4.98 Å². The molecule has 8 nitrogen and oxygen atoms in total. The second-order valence-electron chi connectivity index (χ2n) is 10.6. The van der Waals surface area contributed by atoms with Crippen LogP contribution in [0.3, 0.4) is 0 Å². The molecule has 222 valence electrons. The molecule has 0 saturated heterocycles. The molecule has 0 aliphatic heterocycles. The lowest BCUT2D eigenvalue weighted by molar-refractivity contribution is 0.0958. The fraction of sp³-hybridized carbons (Fsp3) is 0.438. The third-order valence-electron chi connectivity index (χ3n) is 6.67. The van der Waals surface area contributed by atoms with E-state index in [0.29, 0.717) is 30.0 Å². The molecule has 0 bridgehead atoms. The number of benzene rings is 1. The third-order valence-corrected chi connectivity index (χ3v) is 7.72. The van der Waals surface area contributed by atoms with Gasteiger partial charge in [-0.2, -0.15) is 5.10 Å². The number of rotatable bonds is 5. The number of aldehydes is 1. The Morgan fingerprint density at radius 2 is 1.90 bits per heavy atom. The number of para-hydroxylation sites is 1. The Morgan fingerprint density at radius 3 is 2.41 bits per heavy atom. The highest BCUT2D eigenvalue weighted by molar-refractivity contribution is 7.20. The van der Waals surface area contributed by atoms with Crippen LogP contribution >= 0.6 is 11.3 Å². The number of nitrogens with zero attached hydrogens (tertiary/aromatic N) is 3. The van der Waals surface area contributed by atoms with Gasteiger partial charge in [0.25, 0.3) is 5.91 Å². The number of nitrogens with two attached hydrogens (primary N) is 1. The Bertz CT molecular complexity index is 1360. The number of fused-ring (bicyclic) bond motifs is 2. The summed E-state index contributed by atoms with van der Waals surface area (Å²) in [5.74, 6) is 0.643. The molecule has 1 aliphatic rings. The molecule has 0 fully saturated rings. The summed E-state index contributed by atoms with van der Waals surface area (Å²) in [5, 5.41) is 10.7. The first-order chi connectivity index (χ1) is 19.6. The quantitative estimate of drug-likeness (QED) is 0.246. The number of aromatic nitrogens is 3. The van der Waals surface area contributed by atoms with Crippen LogP contribution in [0.2, 0.25) is 0 Å². The van der Waals surface area contributed by atoms with Crippen molar-refractivity contribution in [2.24, 2.45) is 24.1 Å². The maximum Gasteiger partial charge on any atom is 0.261 e. The number of hydrogen-bond acceptors (Lipinski definition) is 7. The Labute approximate surface area is 248 Å². The predicted octanol–water partition coefficient (Wildman–Crippen LogP) is 6.12. The number of nitrogens with one attached hydrogen (secondary N) is 2. The smallest absolute Gasteiger partial charge is 0.261 e. The van der Waals surface area contributed by atoms with Crippen molar-refractivity contribution in [3.8, 4) is 0 Å². The van der Waals surface area contributed by atoms with Crippen LogP contribution in [-0.4, -0.2) is 47.1 Å². The molecule has 3 heterocycles. The van der Waals surface area contributed by atoms with Gasteiger partial charge in [0.05, 0.1) is 16.6 Å². The molecular formula is C32H46N6O2S. The molecule has 4 aromatic rings. The first-order valence-corrected chi connectivity index (χ1v) is 15.0. The van der Waals surface area contributed by atoms with Gasteiger partial charge in [-0.05, 0) is 60.4 Å². The minimum absolute atomic E-state index is 0.0519. The van der Waals surface area contributed by atoms with Crippen molar-refractivity contribution in [2.45, 2.75) is 53.9 Å². The fourth-order valence-electron chi connectivity index (χ4n) is 4.35. The molecule has 1 aliphatic carbocycles. The molecule has 9 heteroatoms. The van der Waals surface area contributed by atoms with Gasteiger partial charge in [-0.3, -0.25) is 14.3 Å². The van der Waals surface area contributed by atoms with Gasteiger partial charge in [-0.15, -0.1) is 11.3 Å². The molecule has 41 heavy (non-hydrogen) atoms. The van der Waals surface area contributed by atoms with Crippen LogP contribution < -0.4 is 16.4 Å². The monoisotopic (exact) mass is 578 g/mol. The Kier molecular flexibility index (Phi) is 13.7. The number of amides is 1. The highest BCUT2D eigenvalue weighted by Gasteiger charge is 2.29. The summed E-state index contributed by atoms with van der Waals surface area (Å²) in [6.45, 7) is 11.9. The van der Waals surface area contributed by atoms with Crippen LogP contribution in [0, 0.1) is 11.3 Å². The number of aryl methyl sites for hydroxylation is 2. The van der Waals surface area contributed by atoms with E-state index in [1.807, 2.05) is 57.3 Å². The first-order valence-electron chi connectivity index (χ1n) is 14.2. The normalized spacial score (nSPS) is 13.7. The Morgan fingerprint density at radius 1 is 1.20 bits per heavy atom. The molecular weight excluding hydrogens is 532 g/mol. The van der Waals surface area contributed by atoms with Crippen LogP contribution in [0.25, 0.3) is 10.2 Å². The summed E-state index contributed by atoms with van der Waals surface area (Å²) in [7, 11) is 3.68. The van der Waals surface area contributed by atoms with Gasteiger partial charge < -0.3 is 16.4 Å². The van der Waals surface area contributed by atoms with Crippen LogP contribution in [-0.2, 0) is 19.9 Å². The highest BCUT2D eigenvalue weighted by Crippen LogP contribution is 2.38. The summed E-state index contributed by atoms with van der Waals surface area (Å²) < 4.78 is 1.59. The van der Waals surface area contributed by atoms with Crippen molar-refractivity contribution in [2.75, 3.05) is 25.5 Å². The molecule has 1 amide bonds. The van der Waals surface area contributed by atoms with E-state index >= 15 is 0 Å². The number of carbonyl (C=O) groups is 2. The molecule has 1 unspecified atom stereocenters. The number of pyridine rings is 1. The standard InChI is InChI=1S/C18H25N3OS.C7H9N.C5H6N2O.C2H6/c1-18(2,3)13-4-5-14-11(9-13)8-12-10-15(23-17(12)21-14)16(22)20-7-6-19;1-8-7-5-3-2-4-6-7;1-7-3-5(4-8)2-6-7;1-2/h8,10,13H,4-7,9,19H2,1-3H3,(H,20,22);2-6,8H,1H3;2-4H,1H3;1-2H3. The topological polar surface area (TPSA) is 115 Å². The number of carbonyl (C=O) groups excluding carboxylic acids is 2. The van der Waals surface area contributed by atoms with E-state index in [0.717, 1.165) is 39.9 Å². The molecule has 0 spiro atoms. The van der Waals surface area contributed by atoms with E-state index in [9.17, 15) is 9.59 Å². The van der Waals surface area contributed by atoms with Crippen molar-refractivity contribution >= 4 is 39.4 Å². The zero-order valence-electron chi connectivity index (χ0n) is 25.5. The lowest BCUT2D eigenvalue weighted by Crippen LogP contribution is -2.28. The maximum absolute atomic E-state index is 12.1. The van der Waals surface area contributed by atoms with Crippen molar-refractivity contribution in [3.05, 3.63) is 76.6 Å². The fourth-order valence-corrected chi connectivity index (χ4v) is 5.30. The number of anilines is 1. The highest BCUT2D eigenvalue weighted by atomic mass is 32.1. The van der Waals surface area contributed by atoms with Crippen molar-refractivity contribution in [1.82, 2.24) is 20.1 Å². The predicted molar refractivity (Wildman–Crippen MR) is 172 cm³/mol. The summed E-state index contributed by atoms with van der Waals surface area (Å²) in [6.07, 6.45) is 7.28. The molecule has 4 N–H and O–H groups in total. The number of hydrogen-bond donors (Lipinski definition) is 3. The molecule has 5 rings (SSSR count). The van der Waals surface area contributed by atoms with Crippen LogP contribution in [0.15, 0.2) is 54.9 Å². The zero-order chi connectivity index (χ0) is 30.4.